The molecule has 0 bridgehead atoms. The number of hydrogen-bond donors (Lipinski definition) is 2. The third-order valence-corrected chi connectivity index (χ3v) is 5.20. The van der Waals surface area contributed by atoms with E-state index in [1.54, 1.807) is 12.1 Å². The number of amides is 2. The molecule has 1 heterocycles. The number of hydrogen-bond acceptors (Lipinski definition) is 4. The molecule has 3 rings (SSSR count). The molecule has 174 valence electrons. The van der Waals surface area contributed by atoms with E-state index >= 15 is 0 Å². The first-order chi connectivity index (χ1) is 15.5. The number of nitrogens with one attached hydrogen (secondary N) is 2. The third kappa shape index (κ3) is 6.25. The number of aromatic nitrogens is 1. The van der Waals surface area contributed by atoms with Crippen LogP contribution in [0.2, 0.25) is 0 Å². The fourth-order valence-corrected chi connectivity index (χ4v) is 3.33. The Bertz CT molecular complexity index is 1110. The predicted molar refractivity (Wildman–Crippen MR) is 134 cm³/mol. The lowest BCUT2D eigenvalue weighted by Gasteiger charge is -2.23. The fraction of sp³-hybridized carbons (Fsp3) is 0.333. The summed E-state index contributed by atoms with van der Waals surface area (Å²) in [4.78, 5) is 17.1. The van der Waals surface area contributed by atoms with Crippen molar-refractivity contribution in [1.29, 1.82) is 0 Å². The standard InChI is InChI=1S/C27H33N3O3/c1-26(2,3)18-12-14-19(15-13-18)28-25(31)29-21-16-17-23(32-7)30-24(21)33-22-11-9-8-10-20(22)27(4,5)6/h8-17H,1-7H3,(H2,28,29,31). The molecule has 2 N–H and O–H groups in total. The van der Waals surface area contributed by atoms with Crippen molar-refractivity contribution in [3.8, 4) is 17.5 Å². The molecule has 0 aliphatic heterocycles. The Kier molecular flexibility index (Phi) is 6.96. The lowest BCUT2D eigenvalue weighted by Crippen LogP contribution is -2.20. The van der Waals surface area contributed by atoms with Crippen molar-refractivity contribution in [2.45, 2.75) is 52.4 Å². The second-order valence-corrected chi connectivity index (χ2v) is 9.96. The van der Waals surface area contributed by atoms with E-state index in [0.29, 0.717) is 23.0 Å². The number of urea groups is 1. The number of methoxy groups -OCH3 is 1. The van der Waals surface area contributed by atoms with E-state index in [2.05, 4.69) is 57.2 Å². The summed E-state index contributed by atoms with van der Waals surface area (Å²) in [5.41, 5.74) is 3.28. The summed E-state index contributed by atoms with van der Waals surface area (Å²) in [6, 6.07) is 18.6. The molecular weight excluding hydrogens is 414 g/mol. The van der Waals surface area contributed by atoms with Crippen LogP contribution in [0, 0.1) is 0 Å². The quantitative estimate of drug-likeness (QED) is 0.437. The van der Waals surface area contributed by atoms with E-state index in [1.165, 1.54) is 12.7 Å². The summed E-state index contributed by atoms with van der Waals surface area (Å²) in [5.74, 6) is 1.32. The second kappa shape index (κ2) is 9.53. The normalized spacial score (nSPS) is 11.6. The van der Waals surface area contributed by atoms with Crippen LogP contribution in [-0.4, -0.2) is 18.1 Å². The summed E-state index contributed by atoms with van der Waals surface area (Å²) in [7, 11) is 1.54. The highest BCUT2D eigenvalue weighted by atomic mass is 16.5. The van der Waals surface area contributed by atoms with E-state index in [1.807, 2.05) is 48.5 Å². The summed E-state index contributed by atoms with van der Waals surface area (Å²) >= 11 is 0. The monoisotopic (exact) mass is 447 g/mol. The van der Waals surface area contributed by atoms with Crippen molar-refractivity contribution in [2.24, 2.45) is 0 Å². The molecule has 2 aromatic carbocycles. The molecule has 0 saturated heterocycles. The summed E-state index contributed by atoms with van der Waals surface area (Å²) in [5, 5.41) is 5.70. The van der Waals surface area contributed by atoms with Gasteiger partial charge in [-0.2, -0.15) is 4.98 Å². The Hall–Kier alpha value is -3.54. The van der Waals surface area contributed by atoms with Crippen LogP contribution in [0.25, 0.3) is 0 Å². The van der Waals surface area contributed by atoms with Crippen LogP contribution in [0.1, 0.15) is 52.7 Å². The van der Waals surface area contributed by atoms with Crippen molar-refractivity contribution in [1.82, 2.24) is 4.98 Å². The van der Waals surface area contributed by atoms with Gasteiger partial charge in [0.05, 0.1) is 7.11 Å². The Morgan fingerprint density at radius 3 is 2.09 bits per heavy atom. The topological polar surface area (TPSA) is 72.5 Å². The Labute approximate surface area is 196 Å². The van der Waals surface area contributed by atoms with E-state index in [-0.39, 0.29) is 22.7 Å². The minimum absolute atomic E-state index is 0.0468. The first kappa shape index (κ1) is 24.1. The second-order valence-electron chi connectivity index (χ2n) is 9.96. The third-order valence-electron chi connectivity index (χ3n) is 5.20. The number of benzene rings is 2. The predicted octanol–water partition coefficient (Wildman–Crippen LogP) is 7.12. The number of pyridine rings is 1. The zero-order valence-corrected chi connectivity index (χ0v) is 20.4. The Balaban J connectivity index is 1.82. The van der Waals surface area contributed by atoms with Crippen LogP contribution in [0.15, 0.2) is 60.7 Å². The van der Waals surface area contributed by atoms with Crippen LogP contribution < -0.4 is 20.1 Å². The van der Waals surface area contributed by atoms with E-state index in [0.717, 1.165) is 5.56 Å². The number of para-hydroxylation sites is 1. The van der Waals surface area contributed by atoms with Gasteiger partial charge in [-0.15, -0.1) is 0 Å². The van der Waals surface area contributed by atoms with E-state index < -0.39 is 0 Å². The first-order valence-corrected chi connectivity index (χ1v) is 11.0. The van der Waals surface area contributed by atoms with E-state index in [9.17, 15) is 4.79 Å². The molecule has 6 nitrogen and oxygen atoms in total. The van der Waals surface area contributed by atoms with Crippen LogP contribution >= 0.6 is 0 Å². The lowest BCUT2D eigenvalue weighted by atomic mass is 9.86. The molecule has 3 aromatic rings. The van der Waals surface area contributed by atoms with Crippen LogP contribution in [0.3, 0.4) is 0 Å². The number of nitrogens with zero attached hydrogens (tertiary/aromatic N) is 1. The largest absolute Gasteiger partial charge is 0.481 e. The molecule has 0 fully saturated rings. The average Bonchev–Trinajstić information content (AvgIpc) is 2.74. The van der Waals surface area contributed by atoms with Gasteiger partial charge in [0.25, 0.3) is 0 Å². The van der Waals surface area contributed by atoms with Crippen molar-refractivity contribution >= 4 is 17.4 Å². The van der Waals surface area contributed by atoms with Crippen molar-refractivity contribution in [3.05, 3.63) is 71.8 Å². The minimum atomic E-state index is -0.389. The van der Waals surface area contributed by atoms with E-state index in [4.69, 9.17) is 9.47 Å². The fourth-order valence-electron chi connectivity index (χ4n) is 3.33. The Morgan fingerprint density at radius 2 is 1.48 bits per heavy atom. The molecule has 6 heteroatoms. The number of carbonyl (C=O) groups is 1. The van der Waals surface area contributed by atoms with Crippen molar-refractivity contribution in [2.75, 3.05) is 17.7 Å². The number of rotatable bonds is 5. The highest BCUT2D eigenvalue weighted by Gasteiger charge is 2.21. The average molecular weight is 448 g/mol. The van der Waals surface area contributed by atoms with Gasteiger partial charge in [-0.1, -0.05) is 71.9 Å². The SMILES string of the molecule is COc1ccc(NC(=O)Nc2ccc(C(C)(C)C)cc2)c(Oc2ccccc2C(C)(C)C)n1. The molecule has 1 aromatic heterocycles. The van der Waals surface area contributed by atoms with Gasteiger partial charge < -0.3 is 20.1 Å². The van der Waals surface area contributed by atoms with Crippen LogP contribution in [-0.2, 0) is 10.8 Å². The zero-order valence-electron chi connectivity index (χ0n) is 20.4. The van der Waals surface area contributed by atoms with Gasteiger partial charge >= 0.3 is 6.03 Å². The Morgan fingerprint density at radius 1 is 0.818 bits per heavy atom. The number of anilines is 2. The number of ether oxygens (including phenoxy) is 2. The van der Waals surface area contributed by atoms with Gasteiger partial charge in [-0.3, -0.25) is 0 Å². The first-order valence-electron chi connectivity index (χ1n) is 11.0. The molecule has 0 atom stereocenters. The molecule has 0 spiro atoms. The molecule has 0 unspecified atom stereocenters. The van der Waals surface area contributed by atoms with Gasteiger partial charge in [0.15, 0.2) is 0 Å². The maximum atomic E-state index is 12.7. The summed E-state index contributed by atoms with van der Waals surface area (Å²) < 4.78 is 11.4. The van der Waals surface area contributed by atoms with Gasteiger partial charge in [-0.05, 0) is 40.7 Å². The van der Waals surface area contributed by atoms with Gasteiger partial charge in [0.1, 0.15) is 11.4 Å². The molecule has 2 amide bonds. The van der Waals surface area contributed by atoms with Gasteiger partial charge in [-0.25, -0.2) is 4.79 Å². The van der Waals surface area contributed by atoms with Crippen LogP contribution in [0.5, 0.6) is 17.5 Å². The van der Waals surface area contributed by atoms with Gasteiger partial charge in [0.2, 0.25) is 11.8 Å². The number of carbonyl (C=O) groups excluding carboxylic acids is 1. The minimum Gasteiger partial charge on any atom is -0.481 e. The summed E-state index contributed by atoms with van der Waals surface area (Å²) in [6.07, 6.45) is 0. The molecule has 33 heavy (non-hydrogen) atoms. The smallest absolute Gasteiger partial charge is 0.323 e. The molecular formula is C27H33N3O3. The molecule has 0 saturated carbocycles. The van der Waals surface area contributed by atoms with Crippen molar-refractivity contribution < 1.29 is 14.3 Å². The molecule has 0 radical (unpaired) electrons. The maximum Gasteiger partial charge on any atom is 0.323 e. The molecule has 0 aliphatic carbocycles. The summed E-state index contributed by atoms with van der Waals surface area (Å²) in [6.45, 7) is 12.8. The maximum absolute atomic E-state index is 12.7. The highest BCUT2D eigenvalue weighted by Crippen LogP contribution is 2.36. The van der Waals surface area contributed by atoms with Gasteiger partial charge in [0, 0.05) is 17.3 Å². The highest BCUT2D eigenvalue weighted by molar-refractivity contribution is 6.00. The molecule has 0 aliphatic rings. The lowest BCUT2D eigenvalue weighted by molar-refractivity contribution is 0.262. The zero-order chi connectivity index (χ0) is 24.2. The van der Waals surface area contributed by atoms with Crippen LogP contribution in [0.4, 0.5) is 16.2 Å². The van der Waals surface area contributed by atoms with Crippen molar-refractivity contribution in [3.63, 3.8) is 0 Å².